The number of aromatic nitrogens is 3. The van der Waals surface area contributed by atoms with Crippen molar-refractivity contribution in [2.75, 3.05) is 6.54 Å². The van der Waals surface area contributed by atoms with Crippen LogP contribution in [0, 0.1) is 6.92 Å². The van der Waals surface area contributed by atoms with Gasteiger partial charge in [-0.15, -0.1) is 11.3 Å². The van der Waals surface area contributed by atoms with E-state index in [4.69, 9.17) is 0 Å². The van der Waals surface area contributed by atoms with Crippen LogP contribution in [0.25, 0.3) is 0 Å². The minimum atomic E-state index is 0.0230. The van der Waals surface area contributed by atoms with Crippen LogP contribution in [0.4, 0.5) is 0 Å². The second kappa shape index (κ2) is 6.17. The highest BCUT2D eigenvalue weighted by Crippen LogP contribution is 2.38. The molecule has 2 fully saturated rings. The topological polar surface area (TPSA) is 51.0 Å². The van der Waals surface area contributed by atoms with E-state index in [1.807, 2.05) is 19.2 Å². The van der Waals surface area contributed by atoms with Crippen molar-refractivity contribution in [2.24, 2.45) is 0 Å². The molecule has 0 aromatic carbocycles. The normalized spacial score (nSPS) is 21.9. The third kappa shape index (κ3) is 3.38. The molecule has 0 bridgehead atoms. The van der Waals surface area contributed by atoms with Crippen molar-refractivity contribution in [1.82, 2.24) is 19.7 Å². The molecule has 6 heteroatoms. The van der Waals surface area contributed by atoms with Gasteiger partial charge >= 0.3 is 0 Å². The van der Waals surface area contributed by atoms with Gasteiger partial charge in [-0.2, -0.15) is 5.10 Å². The highest BCUT2D eigenvalue weighted by molar-refractivity contribution is 7.11. The summed E-state index contributed by atoms with van der Waals surface area (Å²) >= 11 is 1.76. The highest BCUT2D eigenvalue weighted by atomic mass is 32.1. The van der Waals surface area contributed by atoms with Crippen molar-refractivity contribution in [2.45, 2.75) is 57.7 Å². The predicted octanol–water partition coefficient (Wildman–Crippen LogP) is 2.55. The van der Waals surface area contributed by atoms with E-state index in [2.05, 4.69) is 15.0 Å². The molecule has 1 unspecified atom stereocenters. The van der Waals surface area contributed by atoms with Crippen LogP contribution in [-0.4, -0.2) is 32.3 Å². The second-order valence-electron chi connectivity index (χ2n) is 6.66. The summed E-state index contributed by atoms with van der Waals surface area (Å²) in [6, 6.07) is 3.99. The Hall–Kier alpha value is -1.53. The van der Waals surface area contributed by atoms with Crippen LogP contribution < -0.4 is 5.56 Å². The maximum absolute atomic E-state index is 12.1. The number of hydrogen-bond acceptors (Lipinski definition) is 5. The summed E-state index contributed by atoms with van der Waals surface area (Å²) in [5, 5.41) is 5.73. The van der Waals surface area contributed by atoms with E-state index < -0.39 is 0 Å². The van der Waals surface area contributed by atoms with Gasteiger partial charge in [-0.05, 0) is 45.2 Å². The van der Waals surface area contributed by atoms with Gasteiger partial charge in [0.15, 0.2) is 0 Å². The first-order valence-corrected chi connectivity index (χ1v) is 9.24. The monoisotopic (exact) mass is 330 g/mol. The Morgan fingerprint density at radius 1 is 1.30 bits per heavy atom. The van der Waals surface area contributed by atoms with Crippen molar-refractivity contribution < 1.29 is 0 Å². The molecule has 1 aliphatic heterocycles. The lowest BCUT2D eigenvalue weighted by molar-refractivity contribution is 0.218. The molecule has 0 amide bonds. The Kier molecular flexibility index (Phi) is 4.03. The van der Waals surface area contributed by atoms with Crippen molar-refractivity contribution in [3.8, 4) is 0 Å². The predicted molar refractivity (Wildman–Crippen MR) is 90.8 cm³/mol. The molecular weight excluding hydrogens is 308 g/mol. The molecule has 1 aliphatic carbocycles. The van der Waals surface area contributed by atoms with E-state index in [1.165, 1.54) is 24.1 Å². The number of rotatable bonds is 5. The van der Waals surface area contributed by atoms with Crippen LogP contribution in [-0.2, 0) is 13.1 Å². The van der Waals surface area contributed by atoms with Crippen molar-refractivity contribution in [1.29, 1.82) is 0 Å². The van der Waals surface area contributed by atoms with E-state index in [1.54, 1.807) is 22.1 Å². The van der Waals surface area contributed by atoms with E-state index in [9.17, 15) is 4.79 Å². The van der Waals surface area contributed by atoms with Crippen LogP contribution >= 0.6 is 11.3 Å². The Morgan fingerprint density at radius 3 is 2.91 bits per heavy atom. The Balaban J connectivity index is 1.48. The zero-order valence-electron chi connectivity index (χ0n) is 13.4. The van der Waals surface area contributed by atoms with Gasteiger partial charge in [0.25, 0.3) is 5.56 Å². The van der Waals surface area contributed by atoms with Gasteiger partial charge in [-0.3, -0.25) is 9.69 Å². The van der Waals surface area contributed by atoms with Gasteiger partial charge in [0.2, 0.25) is 0 Å². The molecule has 1 saturated heterocycles. The van der Waals surface area contributed by atoms with Gasteiger partial charge < -0.3 is 0 Å². The van der Waals surface area contributed by atoms with E-state index >= 15 is 0 Å². The lowest BCUT2D eigenvalue weighted by Gasteiger charge is -2.24. The maximum atomic E-state index is 12.1. The lowest BCUT2D eigenvalue weighted by atomic mass is 10.2. The summed E-state index contributed by atoms with van der Waals surface area (Å²) in [7, 11) is 0. The molecule has 0 N–H and O–H groups in total. The fourth-order valence-electron chi connectivity index (χ4n) is 3.38. The Labute approximate surface area is 140 Å². The molecule has 2 aromatic heterocycles. The second-order valence-corrected chi connectivity index (χ2v) is 7.98. The molecule has 2 aromatic rings. The minimum absolute atomic E-state index is 0.0230. The first kappa shape index (κ1) is 15.0. The average Bonchev–Trinajstić information content (AvgIpc) is 3.18. The Bertz CT molecular complexity index is 749. The van der Waals surface area contributed by atoms with Crippen LogP contribution in [0.3, 0.4) is 0 Å². The van der Waals surface area contributed by atoms with Crippen LogP contribution in [0.5, 0.6) is 0 Å². The fourth-order valence-corrected chi connectivity index (χ4v) is 4.20. The number of likely N-dealkylation sites (tertiary alicyclic amines) is 1. The van der Waals surface area contributed by atoms with Gasteiger partial charge in [0.1, 0.15) is 0 Å². The average molecular weight is 330 g/mol. The first-order chi connectivity index (χ1) is 11.2. The van der Waals surface area contributed by atoms with Crippen LogP contribution in [0.2, 0.25) is 0 Å². The first-order valence-electron chi connectivity index (χ1n) is 8.42. The summed E-state index contributed by atoms with van der Waals surface area (Å²) < 4.78 is 1.69. The zero-order chi connectivity index (χ0) is 15.8. The summed E-state index contributed by atoms with van der Waals surface area (Å²) in [5.41, 5.74) is 1.11. The summed E-state index contributed by atoms with van der Waals surface area (Å²) in [6.07, 6.45) is 6.74. The third-order valence-electron chi connectivity index (χ3n) is 4.79. The largest absolute Gasteiger partial charge is 0.293 e. The highest BCUT2D eigenvalue weighted by Gasteiger charge is 2.28. The molecule has 23 heavy (non-hydrogen) atoms. The molecule has 2 aliphatic rings. The molecule has 1 saturated carbocycles. The molecule has 1 atom stereocenters. The summed E-state index contributed by atoms with van der Waals surface area (Å²) in [5.74, 6) is 0.585. The SMILES string of the molecule is Cc1ncc(CN2CCCC2Cn2nc(C3CC3)ccc2=O)s1. The molecular formula is C17H22N4OS. The van der Waals surface area contributed by atoms with E-state index in [0.29, 0.717) is 18.5 Å². The standard InChI is InChI=1S/C17H22N4OS/c1-12-18-9-15(23-12)11-20-8-2-3-14(20)10-21-17(22)7-6-16(19-21)13-4-5-13/h6-7,9,13-14H,2-5,8,10-11H2,1H3. The molecule has 3 heterocycles. The zero-order valence-corrected chi connectivity index (χ0v) is 14.3. The number of thiazole rings is 1. The summed E-state index contributed by atoms with van der Waals surface area (Å²) in [4.78, 5) is 20.3. The molecule has 5 nitrogen and oxygen atoms in total. The maximum Gasteiger partial charge on any atom is 0.266 e. The van der Waals surface area contributed by atoms with Crippen molar-refractivity contribution >= 4 is 11.3 Å². The quantitative estimate of drug-likeness (QED) is 0.845. The number of hydrogen-bond donors (Lipinski definition) is 0. The fraction of sp³-hybridized carbons (Fsp3) is 0.588. The number of nitrogens with zero attached hydrogens (tertiary/aromatic N) is 4. The van der Waals surface area contributed by atoms with Crippen LogP contribution in [0.1, 0.15) is 47.2 Å². The van der Waals surface area contributed by atoms with E-state index in [0.717, 1.165) is 30.2 Å². The van der Waals surface area contributed by atoms with Crippen molar-refractivity contribution in [3.05, 3.63) is 44.3 Å². The molecule has 0 radical (unpaired) electrons. The lowest BCUT2D eigenvalue weighted by Crippen LogP contribution is -2.36. The van der Waals surface area contributed by atoms with Crippen molar-refractivity contribution in [3.63, 3.8) is 0 Å². The van der Waals surface area contributed by atoms with Gasteiger partial charge in [-0.1, -0.05) is 0 Å². The Morgan fingerprint density at radius 2 is 2.17 bits per heavy atom. The van der Waals surface area contributed by atoms with Gasteiger partial charge in [-0.25, -0.2) is 9.67 Å². The summed E-state index contributed by atoms with van der Waals surface area (Å²) in [6.45, 7) is 4.78. The smallest absolute Gasteiger partial charge is 0.266 e. The van der Waals surface area contributed by atoms with Crippen LogP contribution in [0.15, 0.2) is 23.1 Å². The third-order valence-corrected chi connectivity index (χ3v) is 5.69. The van der Waals surface area contributed by atoms with Gasteiger partial charge in [0, 0.05) is 35.6 Å². The molecule has 0 spiro atoms. The minimum Gasteiger partial charge on any atom is -0.293 e. The van der Waals surface area contributed by atoms with Gasteiger partial charge in [0.05, 0.1) is 17.2 Å². The molecule has 122 valence electrons. The molecule has 4 rings (SSSR count). The number of aryl methyl sites for hydroxylation is 1. The van der Waals surface area contributed by atoms with E-state index in [-0.39, 0.29) is 5.56 Å².